The fraction of sp³-hybridized carbons (Fsp3) is 0.0909. The van der Waals surface area contributed by atoms with Gasteiger partial charge in [0.1, 0.15) is 5.75 Å². The number of carbonyl (C=O) groups is 1. The Balaban J connectivity index is 2.54. The monoisotopic (exact) mass is 238 g/mol. The van der Waals surface area contributed by atoms with Crippen LogP contribution in [0.3, 0.4) is 0 Å². The third-order valence-electron chi connectivity index (χ3n) is 2.17. The molecule has 0 bridgehead atoms. The molecule has 88 valence electrons. The molecular formula is C11H8F2N2O2. The molecule has 1 aromatic carbocycles. The Morgan fingerprint density at radius 2 is 2.18 bits per heavy atom. The number of benzene rings is 1. The van der Waals surface area contributed by atoms with Gasteiger partial charge in [0.25, 0.3) is 0 Å². The highest BCUT2D eigenvalue weighted by Crippen LogP contribution is 2.32. The van der Waals surface area contributed by atoms with E-state index >= 15 is 0 Å². The third-order valence-corrected chi connectivity index (χ3v) is 2.17. The second-order valence-corrected chi connectivity index (χ2v) is 3.19. The van der Waals surface area contributed by atoms with E-state index in [4.69, 9.17) is 0 Å². The number of ether oxygens (including phenoxy) is 1. The third kappa shape index (κ3) is 2.30. The maximum atomic E-state index is 12.3. The molecule has 0 saturated carbocycles. The van der Waals surface area contributed by atoms with Crippen molar-refractivity contribution in [3.05, 3.63) is 36.0 Å². The van der Waals surface area contributed by atoms with E-state index in [9.17, 15) is 13.6 Å². The van der Waals surface area contributed by atoms with Crippen LogP contribution in [0.2, 0.25) is 0 Å². The number of aldehydes is 1. The van der Waals surface area contributed by atoms with Gasteiger partial charge in [-0.25, -0.2) is 0 Å². The first-order valence-electron chi connectivity index (χ1n) is 4.75. The van der Waals surface area contributed by atoms with Crippen LogP contribution in [-0.4, -0.2) is 23.1 Å². The lowest BCUT2D eigenvalue weighted by Gasteiger charge is -2.11. The lowest BCUT2D eigenvalue weighted by Crippen LogP contribution is -2.05. The highest BCUT2D eigenvalue weighted by atomic mass is 19.3. The largest absolute Gasteiger partial charge is 0.433 e. The molecule has 0 amide bonds. The van der Waals surface area contributed by atoms with Gasteiger partial charge in [-0.15, -0.1) is 0 Å². The minimum atomic E-state index is -2.99. The van der Waals surface area contributed by atoms with Crippen molar-refractivity contribution in [1.29, 1.82) is 0 Å². The number of rotatable bonds is 4. The van der Waals surface area contributed by atoms with Crippen LogP contribution < -0.4 is 4.74 Å². The molecule has 0 atom stereocenters. The van der Waals surface area contributed by atoms with Crippen molar-refractivity contribution < 1.29 is 18.3 Å². The summed E-state index contributed by atoms with van der Waals surface area (Å²) in [5.41, 5.74) is 0.939. The Kier molecular flexibility index (Phi) is 3.13. The highest BCUT2D eigenvalue weighted by Gasteiger charge is 2.15. The van der Waals surface area contributed by atoms with Gasteiger partial charge in [0.15, 0.2) is 6.29 Å². The molecule has 2 rings (SSSR count). The molecule has 6 heteroatoms. The number of alkyl halides is 2. The quantitative estimate of drug-likeness (QED) is 0.832. The van der Waals surface area contributed by atoms with Crippen molar-refractivity contribution in [1.82, 2.24) is 10.2 Å². The topological polar surface area (TPSA) is 55.0 Å². The normalized spacial score (nSPS) is 10.5. The molecule has 0 spiro atoms. The number of hydrogen-bond donors (Lipinski definition) is 1. The molecule has 0 aliphatic heterocycles. The number of H-pyrrole nitrogens is 1. The molecule has 0 aliphatic carbocycles. The van der Waals surface area contributed by atoms with Gasteiger partial charge in [0, 0.05) is 11.8 Å². The van der Waals surface area contributed by atoms with Gasteiger partial charge in [0.2, 0.25) is 0 Å². The maximum Gasteiger partial charge on any atom is 0.387 e. The van der Waals surface area contributed by atoms with Crippen molar-refractivity contribution in [2.45, 2.75) is 6.61 Å². The fourth-order valence-electron chi connectivity index (χ4n) is 1.49. The summed E-state index contributed by atoms with van der Waals surface area (Å²) in [5.74, 6) is -0.151. The van der Waals surface area contributed by atoms with E-state index in [1.54, 1.807) is 18.2 Å². The summed E-state index contributed by atoms with van der Waals surface area (Å²) in [4.78, 5) is 10.8. The number of nitrogens with zero attached hydrogens (tertiary/aromatic N) is 1. The SMILES string of the molecule is O=Cc1cccc(-c2ccn[nH]2)c1OC(F)F. The smallest absolute Gasteiger partial charge is 0.387 e. The minimum absolute atomic E-state index is 0.0670. The molecule has 1 heterocycles. The lowest BCUT2D eigenvalue weighted by atomic mass is 10.1. The molecule has 1 aromatic heterocycles. The fourth-order valence-corrected chi connectivity index (χ4v) is 1.49. The average molecular weight is 238 g/mol. The predicted octanol–water partition coefficient (Wildman–Crippen LogP) is 2.49. The van der Waals surface area contributed by atoms with E-state index in [0.717, 1.165) is 0 Å². The second kappa shape index (κ2) is 4.73. The summed E-state index contributed by atoms with van der Waals surface area (Å²) < 4.78 is 29.0. The number of aromatic amines is 1. The summed E-state index contributed by atoms with van der Waals surface area (Å²) in [6, 6.07) is 6.16. The summed E-state index contributed by atoms with van der Waals surface area (Å²) in [7, 11) is 0. The van der Waals surface area contributed by atoms with Crippen LogP contribution >= 0.6 is 0 Å². The first kappa shape index (κ1) is 11.3. The second-order valence-electron chi connectivity index (χ2n) is 3.19. The van der Waals surface area contributed by atoms with Gasteiger partial charge in [0.05, 0.1) is 11.3 Å². The minimum Gasteiger partial charge on any atom is -0.433 e. The van der Waals surface area contributed by atoms with Crippen molar-refractivity contribution in [3.63, 3.8) is 0 Å². The van der Waals surface area contributed by atoms with E-state index in [1.165, 1.54) is 12.3 Å². The molecule has 17 heavy (non-hydrogen) atoms. The van der Waals surface area contributed by atoms with Gasteiger partial charge in [-0.1, -0.05) is 6.07 Å². The molecular weight excluding hydrogens is 230 g/mol. The number of nitrogens with one attached hydrogen (secondary N) is 1. The molecule has 2 aromatic rings. The van der Waals surface area contributed by atoms with E-state index in [0.29, 0.717) is 17.5 Å². The van der Waals surface area contributed by atoms with Gasteiger partial charge in [-0.3, -0.25) is 9.89 Å². The molecule has 0 radical (unpaired) electrons. The number of halogens is 2. The van der Waals surface area contributed by atoms with E-state index in [2.05, 4.69) is 14.9 Å². The van der Waals surface area contributed by atoms with Crippen LogP contribution in [0.5, 0.6) is 5.75 Å². The summed E-state index contributed by atoms with van der Waals surface area (Å²) in [6.45, 7) is -2.99. The van der Waals surface area contributed by atoms with Gasteiger partial charge in [-0.05, 0) is 18.2 Å². The summed E-state index contributed by atoms with van der Waals surface area (Å²) in [5, 5.41) is 6.35. The van der Waals surface area contributed by atoms with Crippen molar-refractivity contribution in [2.24, 2.45) is 0 Å². The Hall–Kier alpha value is -2.24. The van der Waals surface area contributed by atoms with E-state index in [1.807, 2.05) is 0 Å². The molecule has 4 nitrogen and oxygen atoms in total. The standard InChI is InChI=1S/C11H8F2N2O2/c12-11(13)17-10-7(6-16)2-1-3-8(10)9-4-5-14-15-9/h1-6,11H,(H,14,15). The van der Waals surface area contributed by atoms with Crippen LogP contribution in [0.25, 0.3) is 11.3 Å². The van der Waals surface area contributed by atoms with Crippen molar-refractivity contribution in [2.75, 3.05) is 0 Å². The zero-order valence-corrected chi connectivity index (χ0v) is 8.56. The summed E-state index contributed by atoms with van der Waals surface area (Å²) in [6.07, 6.45) is 1.95. The van der Waals surface area contributed by atoms with E-state index < -0.39 is 6.61 Å². The maximum absolute atomic E-state index is 12.3. The Labute approximate surface area is 95.2 Å². The first-order chi connectivity index (χ1) is 8.22. The van der Waals surface area contributed by atoms with Crippen molar-refractivity contribution >= 4 is 6.29 Å². The van der Waals surface area contributed by atoms with Crippen LogP contribution in [0, 0.1) is 0 Å². The Morgan fingerprint density at radius 3 is 2.76 bits per heavy atom. The van der Waals surface area contributed by atoms with Crippen molar-refractivity contribution in [3.8, 4) is 17.0 Å². The van der Waals surface area contributed by atoms with Crippen LogP contribution in [-0.2, 0) is 0 Å². The van der Waals surface area contributed by atoms with Gasteiger partial charge in [-0.2, -0.15) is 13.9 Å². The van der Waals surface area contributed by atoms with Crippen LogP contribution in [0.1, 0.15) is 10.4 Å². The predicted molar refractivity (Wildman–Crippen MR) is 56.0 cm³/mol. The first-order valence-corrected chi connectivity index (χ1v) is 4.75. The van der Waals surface area contributed by atoms with Crippen LogP contribution in [0.4, 0.5) is 8.78 Å². The van der Waals surface area contributed by atoms with Gasteiger partial charge >= 0.3 is 6.61 Å². The summed E-state index contributed by atoms with van der Waals surface area (Å²) >= 11 is 0. The zero-order valence-electron chi connectivity index (χ0n) is 8.56. The molecule has 0 fully saturated rings. The molecule has 1 N–H and O–H groups in total. The van der Waals surface area contributed by atoms with E-state index in [-0.39, 0.29) is 11.3 Å². The molecule has 0 unspecified atom stereocenters. The molecule has 0 saturated heterocycles. The Bertz CT molecular complexity index is 512. The highest BCUT2D eigenvalue weighted by molar-refractivity contribution is 5.85. The number of para-hydroxylation sites is 1. The number of hydrogen-bond acceptors (Lipinski definition) is 3. The van der Waals surface area contributed by atoms with Gasteiger partial charge < -0.3 is 4.74 Å². The Morgan fingerprint density at radius 1 is 1.35 bits per heavy atom. The van der Waals surface area contributed by atoms with Crippen LogP contribution in [0.15, 0.2) is 30.5 Å². The lowest BCUT2D eigenvalue weighted by molar-refractivity contribution is -0.0496. The number of aromatic nitrogens is 2. The number of carbonyl (C=O) groups excluding carboxylic acids is 1. The zero-order chi connectivity index (χ0) is 12.3. The molecule has 0 aliphatic rings. The average Bonchev–Trinajstić information content (AvgIpc) is 2.82.